The zero-order valence-electron chi connectivity index (χ0n) is 21.0. The zero-order valence-corrected chi connectivity index (χ0v) is 21.0. The Morgan fingerprint density at radius 3 is 2.31 bits per heavy atom. The first-order chi connectivity index (χ1) is 15.3. The van der Waals surface area contributed by atoms with E-state index >= 15 is 0 Å². The molecular formula is C28H44O4. The molecule has 4 heteroatoms. The molecule has 3 saturated carbocycles. The van der Waals surface area contributed by atoms with Crippen LogP contribution in [-0.4, -0.2) is 21.9 Å². The van der Waals surface area contributed by atoms with Gasteiger partial charge < -0.3 is 14.6 Å². The quantitative estimate of drug-likeness (QED) is 0.505. The maximum atomic E-state index is 12.1. The summed E-state index contributed by atoms with van der Waals surface area (Å²) in [4.78, 5) is 11.4. The van der Waals surface area contributed by atoms with Crippen molar-refractivity contribution in [3.8, 4) is 0 Å². The molecule has 0 bridgehead atoms. The smallest absolute Gasteiger partial charge is 0.335 e. The van der Waals surface area contributed by atoms with E-state index in [2.05, 4.69) is 19.9 Å². The van der Waals surface area contributed by atoms with Gasteiger partial charge >= 0.3 is 5.63 Å². The van der Waals surface area contributed by atoms with Crippen molar-refractivity contribution in [2.24, 2.45) is 22.7 Å². The number of fused-ring (bicyclic) bond motifs is 5. The summed E-state index contributed by atoms with van der Waals surface area (Å²) in [6.07, 6.45) is 11.2. The summed E-state index contributed by atoms with van der Waals surface area (Å²) >= 11 is 0. The highest BCUT2D eigenvalue weighted by molar-refractivity contribution is 5.31. The third kappa shape index (κ3) is 3.72. The number of hydrogen-bond donors (Lipinski definition) is 2. The molecule has 3 fully saturated rings. The lowest BCUT2D eigenvalue weighted by Gasteiger charge is -2.61. The third-order valence-corrected chi connectivity index (χ3v) is 9.40. The summed E-state index contributed by atoms with van der Waals surface area (Å²) in [5.41, 5.74) is 1.45. The molecule has 4 aliphatic rings. The Balaban J connectivity index is 0.000000686. The molecule has 0 aliphatic heterocycles. The van der Waals surface area contributed by atoms with E-state index in [0.29, 0.717) is 11.8 Å². The van der Waals surface area contributed by atoms with Crippen LogP contribution >= 0.6 is 0 Å². The summed E-state index contributed by atoms with van der Waals surface area (Å²) in [7, 11) is 0. The molecule has 32 heavy (non-hydrogen) atoms. The first kappa shape index (κ1) is 25.2. The standard InChI is InChI=1S/C24H32O4.2C2H6/c1-22-10-7-17(25)13-16(22)4-5-20-19(22)8-11-23(2)18(9-12-24(20,23)27)15-3-6-21(26)28-14-15;2*1-2/h3,6,13-14,17-20,25,27H,4-5,7-12H2,1-2H3;2*1-2H3/t17-,18+,19?,20?,22-,23+,24-;;/m0../s1. The summed E-state index contributed by atoms with van der Waals surface area (Å²) in [5, 5.41) is 22.3. The monoisotopic (exact) mass is 444 g/mol. The van der Waals surface area contributed by atoms with E-state index < -0.39 is 5.60 Å². The highest BCUT2D eigenvalue weighted by atomic mass is 16.4. The van der Waals surface area contributed by atoms with E-state index in [1.165, 1.54) is 11.6 Å². The predicted molar refractivity (Wildman–Crippen MR) is 130 cm³/mol. The number of rotatable bonds is 1. The van der Waals surface area contributed by atoms with E-state index in [0.717, 1.165) is 56.9 Å². The van der Waals surface area contributed by atoms with Crippen LogP contribution < -0.4 is 5.63 Å². The second-order valence-electron chi connectivity index (χ2n) is 10.3. The van der Waals surface area contributed by atoms with Crippen LogP contribution in [0.2, 0.25) is 0 Å². The summed E-state index contributed by atoms with van der Waals surface area (Å²) in [6, 6.07) is 3.40. The minimum atomic E-state index is -0.665. The van der Waals surface area contributed by atoms with Crippen LogP contribution in [0.25, 0.3) is 0 Å². The van der Waals surface area contributed by atoms with Crippen LogP contribution in [0.5, 0.6) is 0 Å². The van der Waals surface area contributed by atoms with Crippen molar-refractivity contribution < 1.29 is 14.6 Å². The number of allylic oxidation sites excluding steroid dienone is 1. The van der Waals surface area contributed by atoms with Gasteiger partial charge in [0.05, 0.1) is 18.0 Å². The van der Waals surface area contributed by atoms with Gasteiger partial charge in [-0.2, -0.15) is 0 Å². The molecule has 2 N–H and O–H groups in total. The van der Waals surface area contributed by atoms with Crippen molar-refractivity contribution in [2.45, 2.75) is 111 Å². The van der Waals surface area contributed by atoms with Gasteiger partial charge in [0.2, 0.25) is 0 Å². The number of hydrogen-bond acceptors (Lipinski definition) is 4. The van der Waals surface area contributed by atoms with E-state index in [1.807, 2.05) is 33.8 Å². The predicted octanol–water partition coefficient (Wildman–Crippen LogP) is 6.21. The Morgan fingerprint density at radius 2 is 1.66 bits per heavy atom. The van der Waals surface area contributed by atoms with Crippen LogP contribution in [0.4, 0.5) is 0 Å². The molecule has 1 aromatic rings. The van der Waals surface area contributed by atoms with Crippen molar-refractivity contribution in [2.75, 3.05) is 0 Å². The van der Waals surface area contributed by atoms with Gasteiger partial charge in [-0.05, 0) is 86.2 Å². The minimum absolute atomic E-state index is 0.122. The number of aliphatic hydroxyl groups is 2. The lowest BCUT2D eigenvalue weighted by atomic mass is 9.45. The first-order valence-electron chi connectivity index (χ1n) is 13.0. The van der Waals surface area contributed by atoms with E-state index in [1.54, 1.807) is 6.26 Å². The summed E-state index contributed by atoms with van der Waals surface area (Å²) in [5.74, 6) is 1.04. The summed E-state index contributed by atoms with van der Waals surface area (Å²) in [6.45, 7) is 12.6. The Hall–Kier alpha value is -1.39. The van der Waals surface area contributed by atoms with Gasteiger partial charge in [0, 0.05) is 11.5 Å². The second kappa shape index (κ2) is 9.46. The molecule has 0 saturated heterocycles. The molecular weight excluding hydrogens is 400 g/mol. The van der Waals surface area contributed by atoms with Crippen LogP contribution in [0.15, 0.2) is 39.3 Å². The molecule has 4 nitrogen and oxygen atoms in total. The van der Waals surface area contributed by atoms with E-state index in [-0.39, 0.29) is 28.5 Å². The van der Waals surface area contributed by atoms with Gasteiger partial charge in [0.25, 0.3) is 0 Å². The molecule has 0 spiro atoms. The fourth-order valence-corrected chi connectivity index (χ4v) is 7.78. The Labute approximate surface area is 194 Å². The number of aliphatic hydroxyl groups excluding tert-OH is 1. The molecule has 0 aromatic carbocycles. The van der Waals surface area contributed by atoms with Crippen molar-refractivity contribution >= 4 is 0 Å². The van der Waals surface area contributed by atoms with Gasteiger partial charge in [-0.3, -0.25) is 0 Å². The van der Waals surface area contributed by atoms with Crippen molar-refractivity contribution in [3.05, 3.63) is 46.0 Å². The van der Waals surface area contributed by atoms with Crippen LogP contribution in [0.1, 0.15) is 104 Å². The molecule has 1 heterocycles. The van der Waals surface area contributed by atoms with Gasteiger partial charge in [-0.1, -0.05) is 53.2 Å². The van der Waals surface area contributed by atoms with Gasteiger partial charge in [-0.15, -0.1) is 0 Å². The zero-order chi connectivity index (χ0) is 23.7. The van der Waals surface area contributed by atoms with E-state index in [9.17, 15) is 15.0 Å². The van der Waals surface area contributed by atoms with E-state index in [4.69, 9.17) is 4.42 Å². The molecule has 4 aliphatic carbocycles. The molecule has 1 aromatic heterocycles. The average molecular weight is 445 g/mol. The molecule has 2 unspecified atom stereocenters. The van der Waals surface area contributed by atoms with Gasteiger partial charge in [-0.25, -0.2) is 4.79 Å². The van der Waals surface area contributed by atoms with Crippen LogP contribution in [0, 0.1) is 22.7 Å². The topological polar surface area (TPSA) is 70.7 Å². The van der Waals surface area contributed by atoms with Crippen molar-refractivity contribution in [3.63, 3.8) is 0 Å². The molecule has 0 radical (unpaired) electrons. The highest BCUT2D eigenvalue weighted by Crippen LogP contribution is 2.70. The summed E-state index contributed by atoms with van der Waals surface area (Å²) < 4.78 is 5.16. The largest absolute Gasteiger partial charge is 0.431 e. The maximum absolute atomic E-state index is 12.1. The van der Waals surface area contributed by atoms with Crippen molar-refractivity contribution in [1.82, 2.24) is 0 Å². The fraction of sp³-hybridized carbons (Fsp3) is 0.750. The van der Waals surface area contributed by atoms with Gasteiger partial charge in [0.15, 0.2) is 0 Å². The maximum Gasteiger partial charge on any atom is 0.335 e. The third-order valence-electron chi connectivity index (χ3n) is 9.40. The fourth-order valence-electron chi connectivity index (χ4n) is 7.78. The highest BCUT2D eigenvalue weighted by Gasteiger charge is 2.66. The molecule has 180 valence electrons. The molecule has 5 rings (SSSR count). The normalized spacial score (nSPS) is 42.1. The van der Waals surface area contributed by atoms with Gasteiger partial charge in [0.1, 0.15) is 0 Å². The van der Waals surface area contributed by atoms with Crippen LogP contribution in [-0.2, 0) is 0 Å². The van der Waals surface area contributed by atoms with Crippen molar-refractivity contribution in [1.29, 1.82) is 0 Å². The average Bonchev–Trinajstić information content (AvgIpc) is 3.09. The lowest BCUT2D eigenvalue weighted by molar-refractivity contribution is -0.178. The SMILES string of the molecule is CC.CC.C[C@]12CC[C@H](O)C=C1CCC1C2CC[C@]2(C)[C@@H](c3ccc(=O)oc3)CC[C@]12O. The Bertz CT molecular complexity index is 852. The second-order valence-corrected chi connectivity index (χ2v) is 10.3. The molecule has 0 amide bonds. The molecule has 7 atom stereocenters. The first-order valence-corrected chi connectivity index (χ1v) is 13.0. The van der Waals surface area contributed by atoms with Crippen LogP contribution in [0.3, 0.4) is 0 Å². The minimum Gasteiger partial charge on any atom is -0.431 e. The lowest BCUT2D eigenvalue weighted by Crippen LogP contribution is -2.60. The Morgan fingerprint density at radius 1 is 0.938 bits per heavy atom. The Kier molecular flexibility index (Phi) is 7.46.